The summed E-state index contributed by atoms with van der Waals surface area (Å²) in [5.74, 6) is 1.19. The fourth-order valence-electron chi connectivity index (χ4n) is 3.14. The molecule has 1 amide bonds. The fourth-order valence-corrected chi connectivity index (χ4v) is 3.14. The van der Waals surface area contributed by atoms with E-state index in [1.54, 1.807) is 0 Å². The SMILES string of the molecule is Cc1cc(C)n(CC(C)CNC(=O)C2COc3ccccc3C2)n1. The number of rotatable bonds is 5. The predicted octanol–water partition coefficient (Wildman–Crippen LogP) is 2.50. The van der Waals surface area contributed by atoms with E-state index in [1.807, 2.05) is 35.9 Å². The first kappa shape index (κ1) is 16.6. The van der Waals surface area contributed by atoms with Crippen LogP contribution in [-0.2, 0) is 17.8 Å². The van der Waals surface area contributed by atoms with Gasteiger partial charge < -0.3 is 10.1 Å². The number of carbonyl (C=O) groups excluding carboxylic acids is 1. The van der Waals surface area contributed by atoms with Crippen LogP contribution in [0, 0.1) is 25.7 Å². The van der Waals surface area contributed by atoms with Gasteiger partial charge >= 0.3 is 0 Å². The summed E-state index contributed by atoms with van der Waals surface area (Å²) in [4.78, 5) is 12.4. The molecule has 2 unspecified atom stereocenters. The number of carbonyl (C=O) groups is 1. The van der Waals surface area contributed by atoms with Gasteiger partial charge in [0.15, 0.2) is 0 Å². The van der Waals surface area contributed by atoms with Gasteiger partial charge in [-0.15, -0.1) is 0 Å². The number of benzene rings is 1. The Labute approximate surface area is 143 Å². The lowest BCUT2D eigenvalue weighted by Gasteiger charge is -2.25. The van der Waals surface area contributed by atoms with Gasteiger partial charge in [-0.3, -0.25) is 9.48 Å². The first-order valence-corrected chi connectivity index (χ1v) is 8.52. The van der Waals surface area contributed by atoms with Crippen LogP contribution in [0.15, 0.2) is 30.3 Å². The van der Waals surface area contributed by atoms with E-state index in [2.05, 4.69) is 30.3 Å². The lowest BCUT2D eigenvalue weighted by Crippen LogP contribution is -2.39. The van der Waals surface area contributed by atoms with Crippen molar-refractivity contribution in [3.63, 3.8) is 0 Å². The number of amides is 1. The molecule has 1 aromatic heterocycles. The lowest BCUT2D eigenvalue weighted by atomic mass is 9.96. The Morgan fingerprint density at radius 1 is 1.42 bits per heavy atom. The van der Waals surface area contributed by atoms with Gasteiger partial charge in [-0.25, -0.2) is 0 Å². The van der Waals surface area contributed by atoms with Gasteiger partial charge in [0, 0.05) is 18.8 Å². The molecular formula is C19H25N3O2. The number of aryl methyl sites for hydroxylation is 2. The van der Waals surface area contributed by atoms with Gasteiger partial charge in [-0.2, -0.15) is 5.10 Å². The van der Waals surface area contributed by atoms with Gasteiger partial charge in [-0.05, 0) is 43.9 Å². The maximum absolute atomic E-state index is 12.4. The number of nitrogens with zero attached hydrogens (tertiary/aromatic N) is 2. The van der Waals surface area contributed by atoms with Crippen molar-refractivity contribution < 1.29 is 9.53 Å². The minimum atomic E-state index is -0.110. The molecule has 0 spiro atoms. The molecular weight excluding hydrogens is 302 g/mol. The maximum atomic E-state index is 12.4. The first-order valence-electron chi connectivity index (χ1n) is 8.52. The molecule has 0 fully saturated rings. The number of fused-ring (bicyclic) bond motifs is 1. The molecule has 1 aliphatic rings. The Bertz CT molecular complexity index is 723. The minimum Gasteiger partial charge on any atom is -0.492 e. The van der Waals surface area contributed by atoms with E-state index in [-0.39, 0.29) is 11.8 Å². The molecule has 3 rings (SSSR count). The zero-order chi connectivity index (χ0) is 17.1. The van der Waals surface area contributed by atoms with Crippen molar-refractivity contribution in [3.8, 4) is 5.75 Å². The molecule has 0 aliphatic carbocycles. The van der Waals surface area contributed by atoms with Crippen LogP contribution in [0.1, 0.15) is 23.9 Å². The molecule has 5 nitrogen and oxygen atoms in total. The van der Waals surface area contributed by atoms with E-state index in [0.717, 1.165) is 35.7 Å². The molecule has 24 heavy (non-hydrogen) atoms. The zero-order valence-electron chi connectivity index (χ0n) is 14.6. The van der Waals surface area contributed by atoms with Crippen LogP contribution in [0.2, 0.25) is 0 Å². The first-order chi connectivity index (χ1) is 11.5. The second-order valence-electron chi connectivity index (χ2n) is 6.78. The standard InChI is InChI=1S/C19H25N3O2/c1-13(11-22-15(3)8-14(2)21-22)10-20-19(23)17-9-16-6-4-5-7-18(16)24-12-17/h4-8,13,17H,9-12H2,1-3H3,(H,20,23). The molecule has 0 saturated carbocycles. The van der Waals surface area contributed by atoms with Crippen molar-refractivity contribution >= 4 is 5.91 Å². The van der Waals surface area contributed by atoms with E-state index < -0.39 is 0 Å². The van der Waals surface area contributed by atoms with Crippen LogP contribution in [0.5, 0.6) is 5.75 Å². The van der Waals surface area contributed by atoms with Crippen molar-refractivity contribution in [2.24, 2.45) is 11.8 Å². The molecule has 2 atom stereocenters. The third kappa shape index (κ3) is 3.78. The van der Waals surface area contributed by atoms with E-state index >= 15 is 0 Å². The smallest absolute Gasteiger partial charge is 0.226 e. The van der Waals surface area contributed by atoms with Gasteiger partial charge in [-0.1, -0.05) is 25.1 Å². The number of hydrogen-bond acceptors (Lipinski definition) is 3. The molecule has 5 heteroatoms. The molecule has 0 radical (unpaired) electrons. The van der Waals surface area contributed by atoms with Crippen LogP contribution in [0.4, 0.5) is 0 Å². The molecule has 128 valence electrons. The Hall–Kier alpha value is -2.30. The summed E-state index contributed by atoms with van der Waals surface area (Å²) in [5.41, 5.74) is 3.30. The summed E-state index contributed by atoms with van der Waals surface area (Å²) in [6.45, 7) is 8.09. The van der Waals surface area contributed by atoms with Crippen molar-refractivity contribution in [2.75, 3.05) is 13.2 Å². The number of nitrogens with one attached hydrogen (secondary N) is 1. The number of ether oxygens (including phenoxy) is 1. The molecule has 1 N–H and O–H groups in total. The summed E-state index contributed by atoms with van der Waals surface area (Å²) in [5, 5.41) is 7.55. The Morgan fingerprint density at radius 3 is 2.96 bits per heavy atom. The Morgan fingerprint density at radius 2 is 2.21 bits per heavy atom. The summed E-state index contributed by atoms with van der Waals surface area (Å²) in [6, 6.07) is 10.0. The lowest BCUT2D eigenvalue weighted by molar-refractivity contribution is -0.126. The zero-order valence-corrected chi connectivity index (χ0v) is 14.6. The van der Waals surface area contributed by atoms with Crippen molar-refractivity contribution in [3.05, 3.63) is 47.3 Å². The van der Waals surface area contributed by atoms with Crippen LogP contribution in [0.25, 0.3) is 0 Å². The number of para-hydroxylation sites is 1. The molecule has 1 aliphatic heterocycles. The van der Waals surface area contributed by atoms with E-state index in [1.165, 1.54) is 0 Å². The maximum Gasteiger partial charge on any atom is 0.226 e. The summed E-state index contributed by atoms with van der Waals surface area (Å²) in [6.07, 6.45) is 0.744. The van der Waals surface area contributed by atoms with Crippen LogP contribution in [0.3, 0.4) is 0 Å². The summed E-state index contributed by atoms with van der Waals surface area (Å²) < 4.78 is 7.71. The summed E-state index contributed by atoms with van der Waals surface area (Å²) >= 11 is 0. The Kier molecular flexibility index (Phi) is 4.88. The molecule has 2 aromatic rings. The molecule has 1 aromatic carbocycles. The van der Waals surface area contributed by atoms with Gasteiger partial charge in [0.1, 0.15) is 12.4 Å². The second kappa shape index (κ2) is 7.07. The second-order valence-corrected chi connectivity index (χ2v) is 6.78. The average Bonchev–Trinajstić information content (AvgIpc) is 2.89. The van der Waals surface area contributed by atoms with E-state index in [4.69, 9.17) is 4.74 Å². The predicted molar refractivity (Wildman–Crippen MR) is 93.0 cm³/mol. The van der Waals surface area contributed by atoms with Gasteiger partial charge in [0.2, 0.25) is 5.91 Å². The highest BCUT2D eigenvalue weighted by atomic mass is 16.5. The van der Waals surface area contributed by atoms with Crippen LogP contribution in [-0.4, -0.2) is 28.8 Å². The van der Waals surface area contributed by atoms with Gasteiger partial charge in [0.05, 0.1) is 11.6 Å². The van der Waals surface area contributed by atoms with Crippen molar-refractivity contribution in [2.45, 2.75) is 33.7 Å². The Balaban J connectivity index is 1.50. The van der Waals surface area contributed by atoms with E-state index in [9.17, 15) is 4.79 Å². The topological polar surface area (TPSA) is 56.2 Å². The molecule has 0 saturated heterocycles. The quantitative estimate of drug-likeness (QED) is 0.918. The number of hydrogen-bond donors (Lipinski definition) is 1. The molecule has 0 bridgehead atoms. The third-order valence-electron chi connectivity index (χ3n) is 4.46. The van der Waals surface area contributed by atoms with Crippen LogP contribution >= 0.6 is 0 Å². The highest BCUT2D eigenvalue weighted by Crippen LogP contribution is 2.26. The van der Waals surface area contributed by atoms with Crippen LogP contribution < -0.4 is 10.1 Å². The molecule has 2 heterocycles. The normalized spacial score (nSPS) is 17.7. The van der Waals surface area contributed by atoms with E-state index in [0.29, 0.717) is 19.1 Å². The fraction of sp³-hybridized carbons (Fsp3) is 0.474. The largest absolute Gasteiger partial charge is 0.492 e. The van der Waals surface area contributed by atoms with Crippen molar-refractivity contribution in [1.29, 1.82) is 0 Å². The third-order valence-corrected chi connectivity index (χ3v) is 4.46. The monoisotopic (exact) mass is 327 g/mol. The van der Waals surface area contributed by atoms with Gasteiger partial charge in [0.25, 0.3) is 0 Å². The minimum absolute atomic E-state index is 0.0738. The number of aromatic nitrogens is 2. The summed E-state index contributed by atoms with van der Waals surface area (Å²) in [7, 11) is 0. The highest BCUT2D eigenvalue weighted by Gasteiger charge is 2.25. The highest BCUT2D eigenvalue weighted by molar-refractivity contribution is 5.79. The van der Waals surface area contributed by atoms with Crippen molar-refractivity contribution in [1.82, 2.24) is 15.1 Å². The average molecular weight is 327 g/mol.